The number of nitriles is 2. The Morgan fingerprint density at radius 1 is 1.02 bits per heavy atom. The molecule has 1 fully saturated rings. The number of thiophene rings is 1. The van der Waals surface area contributed by atoms with Crippen molar-refractivity contribution >= 4 is 38.2 Å². The number of hydrogen-bond acceptors (Lipinski definition) is 8. The smallest absolute Gasteiger partial charge is 0.257 e. The van der Waals surface area contributed by atoms with Crippen molar-refractivity contribution in [1.29, 1.82) is 10.5 Å². The maximum absolute atomic E-state index is 13.6. The summed E-state index contributed by atoms with van der Waals surface area (Å²) in [4.78, 5) is 32.2. The monoisotopic (exact) mass is 582 g/mol. The summed E-state index contributed by atoms with van der Waals surface area (Å²) in [5, 5.41) is 21.3. The van der Waals surface area contributed by atoms with E-state index in [0.717, 1.165) is 60.1 Å². The van der Waals surface area contributed by atoms with E-state index in [2.05, 4.69) is 17.1 Å². The van der Waals surface area contributed by atoms with E-state index in [1.807, 2.05) is 17.0 Å². The molecule has 0 unspecified atom stereocenters. The molecule has 1 saturated heterocycles. The molecule has 1 N–H and O–H groups in total. The van der Waals surface area contributed by atoms with Crippen LogP contribution in [0, 0.1) is 22.7 Å². The van der Waals surface area contributed by atoms with Crippen molar-refractivity contribution in [3.8, 4) is 12.1 Å². The van der Waals surface area contributed by atoms with E-state index in [-0.39, 0.29) is 42.3 Å². The Hall–Kier alpha value is -3.29. The molecule has 0 aliphatic carbocycles. The van der Waals surface area contributed by atoms with Crippen molar-refractivity contribution in [1.82, 2.24) is 14.1 Å². The molecule has 2 aromatic rings. The molecule has 2 aliphatic heterocycles. The molecular formula is C28H34N6O4S2. The SMILES string of the molecule is CCN1CCc2c(sc(NC(=O)c3ccc(S(=O)(=O)N(CCC#N)CCC#N)cc3)c2C(=O)N2CCCCC2)C1. The molecule has 0 spiro atoms. The molecule has 0 radical (unpaired) electrons. The van der Waals surface area contributed by atoms with Gasteiger partial charge in [0.05, 0.1) is 22.6 Å². The van der Waals surface area contributed by atoms with Crippen molar-refractivity contribution in [2.24, 2.45) is 0 Å². The highest BCUT2D eigenvalue weighted by atomic mass is 32.2. The second-order valence-electron chi connectivity index (χ2n) is 9.88. The summed E-state index contributed by atoms with van der Waals surface area (Å²) < 4.78 is 27.3. The van der Waals surface area contributed by atoms with Gasteiger partial charge in [-0.15, -0.1) is 11.3 Å². The summed E-state index contributed by atoms with van der Waals surface area (Å²) in [5.41, 5.74) is 1.88. The molecule has 0 atom stereocenters. The number of nitrogens with zero attached hydrogens (tertiary/aromatic N) is 5. The lowest BCUT2D eigenvalue weighted by Crippen LogP contribution is -2.37. The molecule has 1 aromatic carbocycles. The van der Waals surface area contributed by atoms with Gasteiger partial charge in [0.1, 0.15) is 5.00 Å². The Kier molecular flexibility index (Phi) is 9.93. The molecule has 0 saturated carbocycles. The predicted molar refractivity (Wildman–Crippen MR) is 152 cm³/mol. The Labute approximate surface area is 239 Å². The summed E-state index contributed by atoms with van der Waals surface area (Å²) in [7, 11) is -3.94. The third-order valence-corrected chi connectivity index (χ3v) is 10.4. The van der Waals surface area contributed by atoms with Crippen LogP contribution < -0.4 is 5.32 Å². The highest BCUT2D eigenvalue weighted by Crippen LogP contribution is 2.38. The molecule has 212 valence electrons. The minimum Gasteiger partial charge on any atom is -0.339 e. The van der Waals surface area contributed by atoms with Gasteiger partial charge in [-0.25, -0.2) is 8.42 Å². The maximum atomic E-state index is 13.6. The van der Waals surface area contributed by atoms with Crippen LogP contribution >= 0.6 is 11.3 Å². The summed E-state index contributed by atoms with van der Waals surface area (Å²) in [6, 6.07) is 9.45. The average Bonchev–Trinajstić information content (AvgIpc) is 3.33. The molecule has 1 aromatic heterocycles. The zero-order chi connectivity index (χ0) is 28.7. The van der Waals surface area contributed by atoms with Crippen LogP contribution in [-0.2, 0) is 23.0 Å². The fourth-order valence-electron chi connectivity index (χ4n) is 5.10. The quantitative estimate of drug-likeness (QED) is 0.449. The molecule has 0 bridgehead atoms. The molecule has 10 nitrogen and oxygen atoms in total. The number of amides is 2. The number of anilines is 1. The maximum Gasteiger partial charge on any atom is 0.257 e. The van der Waals surface area contributed by atoms with Crippen LogP contribution in [0.5, 0.6) is 0 Å². The minimum atomic E-state index is -3.94. The third-order valence-electron chi connectivity index (χ3n) is 7.37. The Morgan fingerprint density at radius 3 is 2.27 bits per heavy atom. The first kappa shape index (κ1) is 29.7. The number of likely N-dealkylation sites (tertiary alicyclic amines) is 1. The fourth-order valence-corrected chi connectivity index (χ4v) is 7.82. The number of likely N-dealkylation sites (N-methyl/N-ethyl adjacent to an activating group) is 1. The number of carbonyl (C=O) groups excluding carboxylic acids is 2. The first-order chi connectivity index (χ1) is 19.3. The molecule has 2 amide bonds. The number of fused-ring (bicyclic) bond motifs is 1. The highest BCUT2D eigenvalue weighted by Gasteiger charge is 2.31. The molecular weight excluding hydrogens is 548 g/mol. The van der Waals surface area contributed by atoms with Crippen molar-refractivity contribution in [2.75, 3.05) is 44.6 Å². The van der Waals surface area contributed by atoms with E-state index >= 15 is 0 Å². The van der Waals surface area contributed by atoms with Gasteiger partial charge >= 0.3 is 0 Å². The van der Waals surface area contributed by atoms with E-state index in [0.29, 0.717) is 23.7 Å². The van der Waals surface area contributed by atoms with E-state index in [1.165, 1.54) is 35.6 Å². The van der Waals surface area contributed by atoms with Crippen LogP contribution in [0.1, 0.15) is 70.2 Å². The Balaban J connectivity index is 1.57. The third kappa shape index (κ3) is 6.53. The van der Waals surface area contributed by atoms with Gasteiger partial charge in [0, 0.05) is 62.6 Å². The minimum absolute atomic E-state index is 0.00440. The zero-order valence-electron chi connectivity index (χ0n) is 22.7. The molecule has 40 heavy (non-hydrogen) atoms. The lowest BCUT2D eigenvalue weighted by atomic mass is 10.0. The van der Waals surface area contributed by atoms with Gasteiger partial charge in [0.25, 0.3) is 11.8 Å². The van der Waals surface area contributed by atoms with E-state index in [9.17, 15) is 18.0 Å². The fraction of sp³-hybridized carbons (Fsp3) is 0.500. The van der Waals surface area contributed by atoms with Crippen LogP contribution in [0.3, 0.4) is 0 Å². The van der Waals surface area contributed by atoms with E-state index in [4.69, 9.17) is 10.5 Å². The van der Waals surface area contributed by atoms with Crippen molar-refractivity contribution in [3.63, 3.8) is 0 Å². The number of hydrogen-bond donors (Lipinski definition) is 1. The zero-order valence-corrected chi connectivity index (χ0v) is 24.3. The van der Waals surface area contributed by atoms with Crippen LogP contribution in [-0.4, -0.2) is 73.6 Å². The number of benzene rings is 1. The highest BCUT2D eigenvalue weighted by molar-refractivity contribution is 7.89. The number of piperidine rings is 1. The average molecular weight is 583 g/mol. The van der Waals surface area contributed by atoms with Crippen LogP contribution in [0.4, 0.5) is 5.00 Å². The second-order valence-corrected chi connectivity index (χ2v) is 12.9. The topological polar surface area (TPSA) is 138 Å². The van der Waals surface area contributed by atoms with Crippen molar-refractivity contribution in [2.45, 2.75) is 56.9 Å². The van der Waals surface area contributed by atoms with Gasteiger partial charge in [0.15, 0.2) is 0 Å². The Morgan fingerprint density at radius 2 is 1.68 bits per heavy atom. The van der Waals surface area contributed by atoms with Gasteiger partial charge in [-0.05, 0) is 62.1 Å². The van der Waals surface area contributed by atoms with Crippen molar-refractivity contribution < 1.29 is 18.0 Å². The van der Waals surface area contributed by atoms with Gasteiger partial charge < -0.3 is 10.2 Å². The molecule has 2 aliphatic rings. The van der Waals surface area contributed by atoms with E-state index in [1.54, 1.807) is 0 Å². The standard InChI is InChI=1S/C28H34N6O4S2/c1-2-32-19-12-23-24(20-32)39-27(25(23)28(36)33-15-4-3-5-16-33)31-26(35)21-8-10-22(11-9-21)40(37,38)34(17-6-13-29)18-7-14-30/h8-11H,2-7,12,15-20H2,1H3,(H,31,35). The van der Waals surface area contributed by atoms with Gasteiger partial charge in [0.2, 0.25) is 10.0 Å². The summed E-state index contributed by atoms with van der Waals surface area (Å²) >= 11 is 1.45. The van der Waals surface area contributed by atoms with Crippen LogP contribution in [0.15, 0.2) is 29.2 Å². The second kappa shape index (κ2) is 13.4. The predicted octanol–water partition coefficient (Wildman–Crippen LogP) is 3.82. The first-order valence-electron chi connectivity index (χ1n) is 13.6. The summed E-state index contributed by atoms with van der Waals surface area (Å²) in [6.07, 6.45) is 3.83. The van der Waals surface area contributed by atoms with Crippen LogP contribution in [0.2, 0.25) is 0 Å². The number of carbonyl (C=O) groups is 2. The Bertz CT molecular complexity index is 1400. The summed E-state index contributed by atoms with van der Waals surface area (Å²) in [5.74, 6) is -0.456. The number of nitrogens with one attached hydrogen (secondary N) is 1. The number of rotatable bonds is 10. The summed E-state index contributed by atoms with van der Waals surface area (Å²) in [6.45, 7) is 6.02. The number of sulfonamides is 1. The lowest BCUT2D eigenvalue weighted by Gasteiger charge is -2.29. The molecule has 12 heteroatoms. The lowest BCUT2D eigenvalue weighted by molar-refractivity contribution is 0.0724. The van der Waals surface area contributed by atoms with Gasteiger partial charge in [-0.3, -0.25) is 14.5 Å². The van der Waals surface area contributed by atoms with Gasteiger partial charge in [-0.2, -0.15) is 14.8 Å². The van der Waals surface area contributed by atoms with Crippen molar-refractivity contribution in [3.05, 3.63) is 45.8 Å². The largest absolute Gasteiger partial charge is 0.339 e. The van der Waals surface area contributed by atoms with E-state index < -0.39 is 15.9 Å². The van der Waals surface area contributed by atoms with Crippen LogP contribution in [0.25, 0.3) is 0 Å². The normalized spacial score (nSPS) is 15.8. The first-order valence-corrected chi connectivity index (χ1v) is 15.9. The molecule has 4 rings (SSSR count). The molecule has 3 heterocycles. The van der Waals surface area contributed by atoms with Gasteiger partial charge in [-0.1, -0.05) is 6.92 Å².